The molecule has 0 unspecified atom stereocenters. The van der Waals surface area contributed by atoms with E-state index in [-0.39, 0.29) is 16.2 Å². The Bertz CT molecular complexity index is 1030. The van der Waals surface area contributed by atoms with Crippen LogP contribution in [0.15, 0.2) is 35.9 Å². The van der Waals surface area contributed by atoms with Gasteiger partial charge in [-0.2, -0.15) is 0 Å². The van der Waals surface area contributed by atoms with Crippen LogP contribution < -0.4 is 10.2 Å². The van der Waals surface area contributed by atoms with E-state index in [4.69, 9.17) is 17.3 Å². The van der Waals surface area contributed by atoms with Crippen LogP contribution in [-0.2, 0) is 16.1 Å². The van der Waals surface area contributed by atoms with Gasteiger partial charge in [-0.3, -0.25) is 19.8 Å². The largest absolute Gasteiger partial charge is 0.478 e. The summed E-state index contributed by atoms with van der Waals surface area (Å²) in [5, 5.41) is 11.5. The number of rotatable bonds is 4. The van der Waals surface area contributed by atoms with Crippen LogP contribution in [0.5, 0.6) is 0 Å². The lowest BCUT2D eigenvalue weighted by Gasteiger charge is -2.29. The van der Waals surface area contributed by atoms with E-state index < -0.39 is 17.8 Å². The van der Waals surface area contributed by atoms with Gasteiger partial charge in [-0.1, -0.05) is 0 Å². The third kappa shape index (κ3) is 3.34. The number of carboxylic acid groups (broad SMARTS) is 1. The van der Waals surface area contributed by atoms with Crippen molar-refractivity contribution >= 4 is 46.9 Å². The highest BCUT2D eigenvalue weighted by atomic mass is 32.1. The van der Waals surface area contributed by atoms with Crippen LogP contribution in [-0.4, -0.2) is 32.6 Å². The van der Waals surface area contributed by atoms with E-state index in [1.807, 2.05) is 26.8 Å². The molecule has 1 aromatic heterocycles. The molecular formula is C20H19N3O4S. The molecule has 0 spiro atoms. The number of carbonyl (C=O) groups is 3. The molecule has 2 N–H and O–H groups in total. The molecule has 1 aromatic carbocycles. The van der Waals surface area contributed by atoms with E-state index in [2.05, 4.69) is 9.88 Å². The van der Waals surface area contributed by atoms with Crippen molar-refractivity contribution in [2.45, 2.75) is 27.3 Å². The maximum Gasteiger partial charge on any atom is 0.335 e. The van der Waals surface area contributed by atoms with Crippen LogP contribution in [0.2, 0.25) is 0 Å². The number of aromatic nitrogens is 1. The molecule has 1 saturated heterocycles. The fraction of sp³-hybridized carbons (Fsp3) is 0.200. The zero-order valence-electron chi connectivity index (χ0n) is 15.6. The Morgan fingerprint density at radius 1 is 1.21 bits per heavy atom. The van der Waals surface area contributed by atoms with Crippen LogP contribution in [0.1, 0.15) is 34.2 Å². The number of nitrogens with one attached hydrogen (secondary N) is 1. The fourth-order valence-electron chi connectivity index (χ4n) is 3.26. The quantitative estimate of drug-likeness (QED) is 0.470. The number of benzene rings is 1. The molecule has 1 aliphatic heterocycles. The average molecular weight is 397 g/mol. The summed E-state index contributed by atoms with van der Waals surface area (Å²) in [5.74, 6) is -2.19. The highest BCUT2D eigenvalue weighted by molar-refractivity contribution is 7.80. The number of hydrogen-bond donors (Lipinski definition) is 2. The molecule has 3 rings (SSSR count). The highest BCUT2D eigenvalue weighted by Gasteiger charge is 2.34. The number of carbonyl (C=O) groups excluding carboxylic acids is 2. The molecule has 0 radical (unpaired) electrons. The van der Waals surface area contributed by atoms with Gasteiger partial charge in [-0.15, -0.1) is 0 Å². The first kappa shape index (κ1) is 19.5. The molecule has 2 amide bonds. The molecule has 1 fully saturated rings. The number of thiocarbonyl (C=S) groups is 1. The lowest BCUT2D eigenvalue weighted by molar-refractivity contribution is -0.122. The molecule has 1 aliphatic rings. The monoisotopic (exact) mass is 397 g/mol. The zero-order valence-corrected chi connectivity index (χ0v) is 16.5. The summed E-state index contributed by atoms with van der Waals surface area (Å²) < 4.78 is 2.09. The molecule has 2 aromatic rings. The van der Waals surface area contributed by atoms with E-state index in [0.29, 0.717) is 5.69 Å². The van der Waals surface area contributed by atoms with Crippen LogP contribution in [0.3, 0.4) is 0 Å². The number of nitrogens with zero attached hydrogens (tertiary/aromatic N) is 2. The van der Waals surface area contributed by atoms with E-state index in [9.17, 15) is 14.4 Å². The molecular weight excluding hydrogens is 378 g/mol. The van der Waals surface area contributed by atoms with E-state index >= 15 is 0 Å². The predicted octanol–water partition coefficient (Wildman–Crippen LogP) is 2.65. The minimum atomic E-state index is -1.07. The first-order chi connectivity index (χ1) is 13.2. The van der Waals surface area contributed by atoms with E-state index in [1.54, 1.807) is 6.08 Å². The molecule has 2 heterocycles. The van der Waals surface area contributed by atoms with Crippen molar-refractivity contribution in [1.29, 1.82) is 0 Å². The molecule has 0 aliphatic carbocycles. The molecule has 0 atom stereocenters. The van der Waals surface area contributed by atoms with Crippen LogP contribution in [0.4, 0.5) is 5.69 Å². The topological polar surface area (TPSA) is 91.6 Å². The summed E-state index contributed by atoms with van der Waals surface area (Å²) in [6.07, 6.45) is 1.56. The van der Waals surface area contributed by atoms with Crippen molar-refractivity contribution in [2.75, 3.05) is 4.90 Å². The van der Waals surface area contributed by atoms with Crippen LogP contribution in [0.25, 0.3) is 6.08 Å². The van der Waals surface area contributed by atoms with Gasteiger partial charge < -0.3 is 9.67 Å². The van der Waals surface area contributed by atoms with Gasteiger partial charge >= 0.3 is 5.97 Å². The van der Waals surface area contributed by atoms with Gasteiger partial charge in [0.2, 0.25) is 0 Å². The Morgan fingerprint density at radius 3 is 2.39 bits per heavy atom. The van der Waals surface area contributed by atoms with Crippen molar-refractivity contribution in [3.05, 3.63) is 58.4 Å². The number of anilines is 1. The van der Waals surface area contributed by atoms with Gasteiger partial charge in [0.05, 0.1) is 11.3 Å². The van der Waals surface area contributed by atoms with Gasteiger partial charge in [0.25, 0.3) is 11.8 Å². The minimum Gasteiger partial charge on any atom is -0.478 e. The van der Waals surface area contributed by atoms with Gasteiger partial charge in [-0.05, 0) is 75.0 Å². The van der Waals surface area contributed by atoms with E-state index in [1.165, 1.54) is 29.2 Å². The van der Waals surface area contributed by atoms with Gasteiger partial charge in [-0.25, -0.2) is 4.79 Å². The normalized spacial score (nSPS) is 15.9. The number of amides is 2. The van der Waals surface area contributed by atoms with Crippen LogP contribution >= 0.6 is 12.2 Å². The molecule has 7 nitrogen and oxygen atoms in total. The average Bonchev–Trinajstić information content (AvgIpc) is 2.91. The smallest absolute Gasteiger partial charge is 0.335 e. The lowest BCUT2D eigenvalue weighted by Crippen LogP contribution is -2.54. The standard InChI is InChI=1S/C20H19N3O4S/c1-4-22-11(2)9-14(12(22)3)10-16-17(24)21-20(28)23(18(16)25)15-7-5-13(6-8-15)19(26)27/h5-10H,4H2,1-3H3,(H,26,27)(H,21,24,28)/b16-10+. The molecule has 28 heavy (non-hydrogen) atoms. The molecule has 0 bridgehead atoms. The second-order valence-electron chi connectivity index (χ2n) is 6.38. The van der Waals surface area contributed by atoms with Gasteiger partial charge in [0.1, 0.15) is 5.57 Å². The third-order valence-electron chi connectivity index (χ3n) is 4.70. The maximum absolute atomic E-state index is 13.0. The Morgan fingerprint density at radius 2 is 1.86 bits per heavy atom. The number of carboxylic acids is 1. The van der Waals surface area contributed by atoms with Gasteiger partial charge in [0, 0.05) is 17.9 Å². The van der Waals surface area contributed by atoms with Crippen LogP contribution in [0, 0.1) is 13.8 Å². The first-order valence-electron chi connectivity index (χ1n) is 8.66. The number of hydrogen-bond acceptors (Lipinski definition) is 4. The van der Waals surface area contributed by atoms with Crippen molar-refractivity contribution in [1.82, 2.24) is 9.88 Å². The second kappa shape index (κ2) is 7.40. The summed E-state index contributed by atoms with van der Waals surface area (Å²) >= 11 is 5.16. The third-order valence-corrected chi connectivity index (χ3v) is 4.99. The first-order valence-corrected chi connectivity index (χ1v) is 9.07. The Balaban J connectivity index is 2.02. The zero-order chi connectivity index (χ0) is 20.6. The summed E-state index contributed by atoms with van der Waals surface area (Å²) in [7, 11) is 0. The summed E-state index contributed by atoms with van der Waals surface area (Å²) in [6.45, 7) is 6.71. The number of aromatic carboxylic acids is 1. The second-order valence-corrected chi connectivity index (χ2v) is 6.77. The molecule has 144 valence electrons. The highest BCUT2D eigenvalue weighted by Crippen LogP contribution is 2.24. The lowest BCUT2D eigenvalue weighted by atomic mass is 10.1. The van der Waals surface area contributed by atoms with Crippen molar-refractivity contribution < 1.29 is 19.5 Å². The van der Waals surface area contributed by atoms with Gasteiger partial charge in [0.15, 0.2) is 5.11 Å². The summed E-state index contributed by atoms with van der Waals surface area (Å²) in [6, 6.07) is 7.63. The molecule has 8 heteroatoms. The maximum atomic E-state index is 13.0. The van der Waals surface area contributed by atoms with Crippen molar-refractivity contribution in [3.8, 4) is 0 Å². The molecule has 0 saturated carbocycles. The van der Waals surface area contributed by atoms with Crippen molar-refractivity contribution in [2.24, 2.45) is 0 Å². The summed E-state index contributed by atoms with van der Waals surface area (Å²) in [4.78, 5) is 37.7. The predicted molar refractivity (Wildman–Crippen MR) is 109 cm³/mol. The minimum absolute atomic E-state index is 0.0349. The Labute approximate surface area is 167 Å². The fourth-order valence-corrected chi connectivity index (χ4v) is 3.54. The summed E-state index contributed by atoms with van der Waals surface area (Å²) in [5.41, 5.74) is 3.21. The Kier molecular flexibility index (Phi) is 5.15. The van der Waals surface area contributed by atoms with E-state index in [0.717, 1.165) is 23.5 Å². The Hall–Kier alpha value is -3.26. The SMILES string of the molecule is CCn1c(C)cc(/C=C2\C(=O)NC(=S)N(c3ccc(C(=O)O)cc3)C2=O)c1C. The number of aryl methyl sites for hydroxylation is 1. The van der Waals surface area contributed by atoms with Crippen molar-refractivity contribution in [3.63, 3.8) is 0 Å².